The fourth-order valence-corrected chi connectivity index (χ4v) is 2.15. The van der Waals surface area contributed by atoms with E-state index in [-0.39, 0.29) is 11.5 Å². The molecule has 18 heavy (non-hydrogen) atoms. The Kier molecular flexibility index (Phi) is 3.81. The van der Waals surface area contributed by atoms with Crippen LogP contribution in [0.25, 0.3) is 0 Å². The lowest BCUT2D eigenvalue weighted by Gasteiger charge is -2.17. The molecule has 1 atom stereocenters. The Balaban J connectivity index is 2.14. The Morgan fingerprint density at radius 3 is 2.89 bits per heavy atom. The van der Waals surface area contributed by atoms with E-state index in [0.717, 1.165) is 6.42 Å². The standard InChI is InChI=1S/C13H17FN2O2/c1-15-9-5-6-16(8-9)13(17)11-4-3-10(18-2)7-12(11)14/h3-4,7,9,15H,5-6,8H2,1-2H3. The second-order valence-corrected chi connectivity index (χ2v) is 4.37. The first-order valence-electron chi connectivity index (χ1n) is 5.95. The predicted octanol–water partition coefficient (Wildman–Crippen LogP) is 1.27. The maximum absolute atomic E-state index is 13.8. The van der Waals surface area contributed by atoms with Gasteiger partial charge in [-0.3, -0.25) is 4.79 Å². The Bertz CT molecular complexity index is 451. The van der Waals surface area contributed by atoms with Crippen LogP contribution in [0.1, 0.15) is 16.8 Å². The molecule has 4 nitrogen and oxygen atoms in total. The first-order valence-corrected chi connectivity index (χ1v) is 5.95. The van der Waals surface area contributed by atoms with Gasteiger partial charge in [0.1, 0.15) is 11.6 Å². The van der Waals surface area contributed by atoms with Gasteiger partial charge in [0.15, 0.2) is 0 Å². The van der Waals surface area contributed by atoms with E-state index in [1.54, 1.807) is 11.0 Å². The third kappa shape index (κ3) is 2.46. The summed E-state index contributed by atoms with van der Waals surface area (Å²) in [7, 11) is 3.33. The number of rotatable bonds is 3. The molecule has 1 fully saturated rings. The molecule has 1 unspecified atom stereocenters. The van der Waals surface area contributed by atoms with Crippen molar-refractivity contribution in [3.8, 4) is 5.75 Å². The zero-order chi connectivity index (χ0) is 13.1. The molecule has 1 aliphatic heterocycles. The monoisotopic (exact) mass is 252 g/mol. The SMILES string of the molecule is CNC1CCN(C(=O)c2ccc(OC)cc2F)C1. The molecule has 1 N–H and O–H groups in total. The van der Waals surface area contributed by atoms with Gasteiger partial charge in [0.25, 0.3) is 5.91 Å². The van der Waals surface area contributed by atoms with Crippen LogP contribution in [-0.2, 0) is 0 Å². The van der Waals surface area contributed by atoms with E-state index >= 15 is 0 Å². The van der Waals surface area contributed by atoms with Gasteiger partial charge in [-0.05, 0) is 25.6 Å². The fraction of sp³-hybridized carbons (Fsp3) is 0.462. The lowest BCUT2D eigenvalue weighted by Crippen LogP contribution is -2.33. The number of hydrogen-bond acceptors (Lipinski definition) is 3. The summed E-state index contributed by atoms with van der Waals surface area (Å²) in [6, 6.07) is 4.61. The van der Waals surface area contributed by atoms with Gasteiger partial charge in [-0.2, -0.15) is 0 Å². The molecule has 0 aliphatic carbocycles. The summed E-state index contributed by atoms with van der Waals surface area (Å²) in [4.78, 5) is 13.8. The molecule has 5 heteroatoms. The van der Waals surface area contributed by atoms with Crippen molar-refractivity contribution in [2.24, 2.45) is 0 Å². The Labute approximate surface area is 106 Å². The largest absolute Gasteiger partial charge is 0.497 e. The van der Waals surface area contributed by atoms with Crippen molar-refractivity contribution in [1.82, 2.24) is 10.2 Å². The minimum absolute atomic E-state index is 0.104. The van der Waals surface area contributed by atoms with Crippen molar-refractivity contribution in [3.05, 3.63) is 29.6 Å². The molecule has 0 bridgehead atoms. The van der Waals surface area contributed by atoms with Crippen molar-refractivity contribution >= 4 is 5.91 Å². The van der Waals surface area contributed by atoms with Crippen molar-refractivity contribution < 1.29 is 13.9 Å². The highest BCUT2D eigenvalue weighted by molar-refractivity contribution is 5.94. The highest BCUT2D eigenvalue weighted by Crippen LogP contribution is 2.19. The van der Waals surface area contributed by atoms with E-state index < -0.39 is 5.82 Å². The molecule has 0 spiro atoms. The number of ether oxygens (including phenoxy) is 1. The lowest BCUT2D eigenvalue weighted by molar-refractivity contribution is 0.0785. The molecule has 1 aromatic rings. The lowest BCUT2D eigenvalue weighted by atomic mass is 10.2. The van der Waals surface area contributed by atoms with Crippen LogP contribution in [0, 0.1) is 5.82 Å². The molecule has 0 saturated carbocycles. The minimum Gasteiger partial charge on any atom is -0.497 e. The number of carbonyl (C=O) groups is 1. The van der Waals surface area contributed by atoms with Gasteiger partial charge in [-0.25, -0.2) is 4.39 Å². The second kappa shape index (κ2) is 5.35. The van der Waals surface area contributed by atoms with Crippen LogP contribution in [0.15, 0.2) is 18.2 Å². The van der Waals surface area contributed by atoms with Gasteiger partial charge in [0.2, 0.25) is 0 Å². The van der Waals surface area contributed by atoms with E-state index in [4.69, 9.17) is 4.74 Å². The molecular weight excluding hydrogens is 235 g/mol. The molecule has 1 aromatic carbocycles. The van der Waals surface area contributed by atoms with Gasteiger partial charge in [-0.15, -0.1) is 0 Å². The molecule has 98 valence electrons. The predicted molar refractivity (Wildman–Crippen MR) is 66.3 cm³/mol. The molecular formula is C13H17FN2O2. The first-order chi connectivity index (χ1) is 8.65. The van der Waals surface area contributed by atoms with Gasteiger partial charge in [0, 0.05) is 25.2 Å². The highest BCUT2D eigenvalue weighted by atomic mass is 19.1. The number of benzene rings is 1. The third-order valence-corrected chi connectivity index (χ3v) is 3.29. The molecule has 1 aliphatic rings. The second-order valence-electron chi connectivity index (χ2n) is 4.37. The zero-order valence-electron chi connectivity index (χ0n) is 10.6. The zero-order valence-corrected chi connectivity index (χ0v) is 10.6. The van der Waals surface area contributed by atoms with Gasteiger partial charge in [-0.1, -0.05) is 0 Å². The summed E-state index contributed by atoms with van der Waals surface area (Å²) >= 11 is 0. The average molecular weight is 252 g/mol. The molecule has 0 radical (unpaired) electrons. The van der Waals surface area contributed by atoms with Crippen LogP contribution in [-0.4, -0.2) is 44.1 Å². The molecule has 2 rings (SSSR count). The smallest absolute Gasteiger partial charge is 0.256 e. The number of nitrogens with one attached hydrogen (secondary N) is 1. The van der Waals surface area contributed by atoms with Gasteiger partial charge in [0.05, 0.1) is 12.7 Å². The van der Waals surface area contributed by atoms with E-state index in [0.29, 0.717) is 24.9 Å². The summed E-state index contributed by atoms with van der Waals surface area (Å²) < 4.78 is 18.7. The highest BCUT2D eigenvalue weighted by Gasteiger charge is 2.27. The number of nitrogens with zero attached hydrogens (tertiary/aromatic N) is 1. The summed E-state index contributed by atoms with van der Waals surface area (Å²) in [5.41, 5.74) is 0.104. The van der Waals surface area contributed by atoms with E-state index in [1.807, 2.05) is 7.05 Å². The van der Waals surface area contributed by atoms with Crippen LogP contribution in [0.3, 0.4) is 0 Å². The number of likely N-dealkylation sites (tertiary alicyclic amines) is 1. The van der Waals surface area contributed by atoms with E-state index in [9.17, 15) is 9.18 Å². The number of likely N-dealkylation sites (N-methyl/N-ethyl adjacent to an activating group) is 1. The number of amides is 1. The topological polar surface area (TPSA) is 41.6 Å². The normalized spacial score (nSPS) is 19.1. The molecule has 1 amide bonds. The quantitative estimate of drug-likeness (QED) is 0.880. The van der Waals surface area contributed by atoms with Crippen LogP contribution < -0.4 is 10.1 Å². The van der Waals surface area contributed by atoms with Crippen molar-refractivity contribution in [1.29, 1.82) is 0 Å². The van der Waals surface area contributed by atoms with Crippen LogP contribution in [0.4, 0.5) is 4.39 Å². The van der Waals surface area contributed by atoms with Crippen molar-refractivity contribution in [3.63, 3.8) is 0 Å². The van der Waals surface area contributed by atoms with Crippen LogP contribution in [0.5, 0.6) is 5.75 Å². The summed E-state index contributed by atoms with van der Waals surface area (Å²) in [6.07, 6.45) is 0.903. The van der Waals surface area contributed by atoms with Crippen molar-refractivity contribution in [2.45, 2.75) is 12.5 Å². The summed E-state index contributed by atoms with van der Waals surface area (Å²) in [5, 5.41) is 3.13. The maximum Gasteiger partial charge on any atom is 0.256 e. The first kappa shape index (κ1) is 12.8. The molecule has 0 aromatic heterocycles. The molecule has 1 saturated heterocycles. The average Bonchev–Trinajstić information content (AvgIpc) is 2.86. The Hall–Kier alpha value is -1.62. The number of halogens is 1. The fourth-order valence-electron chi connectivity index (χ4n) is 2.15. The van der Waals surface area contributed by atoms with Gasteiger partial charge < -0.3 is 15.0 Å². The number of hydrogen-bond donors (Lipinski definition) is 1. The maximum atomic E-state index is 13.8. The van der Waals surface area contributed by atoms with Crippen LogP contribution in [0.2, 0.25) is 0 Å². The number of carbonyl (C=O) groups excluding carboxylic acids is 1. The Morgan fingerprint density at radius 2 is 2.33 bits per heavy atom. The van der Waals surface area contributed by atoms with Crippen molar-refractivity contribution in [2.75, 3.05) is 27.2 Å². The summed E-state index contributed by atoms with van der Waals surface area (Å²) in [6.45, 7) is 1.29. The van der Waals surface area contributed by atoms with Crippen LogP contribution >= 0.6 is 0 Å². The molecule has 1 heterocycles. The Morgan fingerprint density at radius 1 is 1.56 bits per heavy atom. The minimum atomic E-state index is -0.535. The number of methoxy groups -OCH3 is 1. The van der Waals surface area contributed by atoms with E-state index in [1.165, 1.54) is 19.2 Å². The summed E-state index contributed by atoms with van der Waals surface area (Å²) in [5.74, 6) is -0.376. The van der Waals surface area contributed by atoms with Gasteiger partial charge >= 0.3 is 0 Å². The third-order valence-electron chi connectivity index (χ3n) is 3.29. The van der Waals surface area contributed by atoms with E-state index in [2.05, 4.69) is 5.32 Å².